The number of anilines is 2. The number of ether oxygens (including phenoxy) is 1. The fraction of sp³-hybridized carbons (Fsp3) is 0.731. The summed E-state index contributed by atoms with van der Waals surface area (Å²) in [5.41, 5.74) is 0.470. The van der Waals surface area contributed by atoms with Crippen LogP contribution in [-0.2, 0) is 4.74 Å². The molecule has 0 bridgehead atoms. The van der Waals surface area contributed by atoms with E-state index in [9.17, 15) is 15.0 Å². The zero-order valence-electron chi connectivity index (χ0n) is 21.8. The number of piperidine rings is 2. The van der Waals surface area contributed by atoms with Crippen molar-refractivity contribution in [1.29, 1.82) is 0 Å². The molecule has 10 heteroatoms. The number of hydrogen-bond acceptors (Lipinski definition) is 8. The lowest BCUT2D eigenvalue weighted by atomic mass is 9.96. The molecule has 9 nitrogen and oxygen atoms in total. The molecule has 1 amide bonds. The maximum absolute atomic E-state index is 15.4. The Morgan fingerprint density at radius 3 is 2.42 bits per heavy atom. The monoisotopic (exact) mass is 507 g/mol. The van der Waals surface area contributed by atoms with Crippen molar-refractivity contribution in [2.24, 2.45) is 5.92 Å². The second-order valence-electron chi connectivity index (χ2n) is 11.3. The minimum atomic E-state index is -0.934. The van der Waals surface area contributed by atoms with E-state index in [1.807, 2.05) is 37.8 Å². The number of likely N-dealkylation sites (tertiary alicyclic amines) is 1. The molecule has 0 aliphatic carbocycles. The second-order valence-corrected chi connectivity index (χ2v) is 11.3. The first-order valence-corrected chi connectivity index (χ1v) is 13.2. The summed E-state index contributed by atoms with van der Waals surface area (Å²) >= 11 is 0. The topological polar surface area (TPSA) is 101 Å². The van der Waals surface area contributed by atoms with Gasteiger partial charge in [0.2, 0.25) is 0 Å². The van der Waals surface area contributed by atoms with Crippen LogP contribution in [0.1, 0.15) is 46.5 Å². The van der Waals surface area contributed by atoms with E-state index >= 15 is 4.39 Å². The summed E-state index contributed by atoms with van der Waals surface area (Å²) in [6, 6.07) is 4.97. The molecule has 3 aliphatic rings. The van der Waals surface area contributed by atoms with E-state index in [0.717, 1.165) is 58.7 Å². The zero-order valence-corrected chi connectivity index (χ0v) is 21.8. The van der Waals surface area contributed by atoms with E-state index in [-0.39, 0.29) is 18.0 Å². The average Bonchev–Trinajstić information content (AvgIpc) is 2.82. The van der Waals surface area contributed by atoms with E-state index in [1.54, 1.807) is 6.07 Å². The molecule has 3 unspecified atom stereocenters. The number of rotatable bonds is 5. The Morgan fingerprint density at radius 2 is 1.78 bits per heavy atom. The van der Waals surface area contributed by atoms with Crippen LogP contribution in [-0.4, -0.2) is 96.0 Å². The van der Waals surface area contributed by atoms with Gasteiger partial charge in [0.15, 0.2) is 5.82 Å². The highest BCUT2D eigenvalue weighted by molar-refractivity contribution is 5.68. The molecule has 0 aromatic heterocycles. The van der Waals surface area contributed by atoms with Gasteiger partial charge in [-0.2, -0.15) is 0 Å². The minimum Gasteiger partial charge on any atom is -0.444 e. The summed E-state index contributed by atoms with van der Waals surface area (Å²) in [6.45, 7) is 11.4. The van der Waals surface area contributed by atoms with Gasteiger partial charge in [-0.1, -0.05) is 6.07 Å². The van der Waals surface area contributed by atoms with Gasteiger partial charge in [-0.15, -0.1) is 0 Å². The molecule has 0 saturated carbocycles. The van der Waals surface area contributed by atoms with Gasteiger partial charge >= 0.3 is 6.09 Å². The molecule has 3 heterocycles. The molecular weight excluding hydrogens is 465 g/mol. The van der Waals surface area contributed by atoms with Crippen molar-refractivity contribution in [3.63, 3.8) is 0 Å². The Kier molecular flexibility index (Phi) is 8.59. The van der Waals surface area contributed by atoms with Crippen molar-refractivity contribution in [1.82, 2.24) is 15.1 Å². The summed E-state index contributed by atoms with van der Waals surface area (Å²) in [7, 11) is 0. The number of carbonyl (C=O) groups excluding carboxylic acids is 1. The molecule has 3 saturated heterocycles. The van der Waals surface area contributed by atoms with Crippen molar-refractivity contribution < 1.29 is 24.1 Å². The van der Waals surface area contributed by atoms with Crippen molar-refractivity contribution in [2.75, 3.05) is 56.0 Å². The summed E-state index contributed by atoms with van der Waals surface area (Å²) in [4.78, 5) is 18.6. The highest BCUT2D eigenvalue weighted by atomic mass is 19.1. The standard InChI is InChI=1S/C26H42FN5O4/c1-26(2,3)36-25(35)32-11-9-18(10-12-32)17-30-13-15-31(16-14-30)21-6-4-5-19(23(21)27)28-20-7-8-22(33)29-24(20)34/h4-6,18,20,22,24,28-29,33-34H,7-17H2,1-3H3. The number of benzene rings is 1. The third-order valence-electron chi connectivity index (χ3n) is 7.31. The lowest BCUT2D eigenvalue weighted by Gasteiger charge is -2.40. The summed E-state index contributed by atoms with van der Waals surface area (Å²) in [5, 5.41) is 25.6. The first-order chi connectivity index (χ1) is 17.1. The van der Waals surface area contributed by atoms with Crippen LogP contribution in [0.25, 0.3) is 0 Å². The van der Waals surface area contributed by atoms with Crippen LogP contribution in [0.4, 0.5) is 20.6 Å². The third kappa shape index (κ3) is 7.00. The maximum atomic E-state index is 15.4. The van der Waals surface area contributed by atoms with Crippen LogP contribution in [0.15, 0.2) is 18.2 Å². The normalized spacial score (nSPS) is 26.7. The van der Waals surface area contributed by atoms with Gasteiger partial charge in [-0.05, 0) is 64.5 Å². The fourth-order valence-electron chi connectivity index (χ4n) is 5.28. The zero-order chi connectivity index (χ0) is 25.9. The van der Waals surface area contributed by atoms with E-state index < -0.39 is 18.1 Å². The Bertz CT molecular complexity index is 882. The van der Waals surface area contributed by atoms with Gasteiger partial charge in [-0.25, -0.2) is 9.18 Å². The number of halogens is 1. The van der Waals surface area contributed by atoms with Crippen LogP contribution in [0.3, 0.4) is 0 Å². The molecule has 36 heavy (non-hydrogen) atoms. The van der Waals surface area contributed by atoms with Gasteiger partial charge in [-0.3, -0.25) is 10.2 Å². The number of nitrogens with zero attached hydrogens (tertiary/aromatic N) is 3. The number of hydrogen-bond donors (Lipinski definition) is 4. The summed E-state index contributed by atoms with van der Waals surface area (Å²) in [5.74, 6) is 0.243. The van der Waals surface area contributed by atoms with Gasteiger partial charge in [0.1, 0.15) is 18.1 Å². The van der Waals surface area contributed by atoms with Crippen LogP contribution in [0.2, 0.25) is 0 Å². The number of carbonyl (C=O) groups is 1. The molecule has 0 radical (unpaired) electrons. The summed E-state index contributed by atoms with van der Waals surface area (Å²) in [6.07, 6.45) is 1.10. The maximum Gasteiger partial charge on any atom is 0.410 e. The molecule has 1 aromatic rings. The van der Waals surface area contributed by atoms with Crippen molar-refractivity contribution in [3.8, 4) is 0 Å². The fourth-order valence-corrected chi connectivity index (χ4v) is 5.28. The third-order valence-corrected chi connectivity index (χ3v) is 7.31. The predicted octanol–water partition coefficient (Wildman–Crippen LogP) is 2.40. The van der Waals surface area contributed by atoms with Crippen molar-refractivity contribution >= 4 is 17.5 Å². The molecule has 1 aromatic carbocycles. The SMILES string of the molecule is CC(C)(C)OC(=O)N1CCC(CN2CCN(c3cccc(NC4CCC(O)NC4O)c3F)CC2)CC1. The number of aliphatic hydroxyl groups excluding tert-OH is 2. The molecule has 4 N–H and O–H groups in total. The Morgan fingerprint density at radius 1 is 1.08 bits per heavy atom. The highest BCUT2D eigenvalue weighted by Gasteiger charge is 2.30. The first-order valence-electron chi connectivity index (χ1n) is 13.2. The van der Waals surface area contributed by atoms with Gasteiger partial charge in [0.05, 0.1) is 17.4 Å². The van der Waals surface area contributed by atoms with Crippen LogP contribution in [0.5, 0.6) is 0 Å². The summed E-state index contributed by atoms with van der Waals surface area (Å²) < 4.78 is 20.9. The Balaban J connectivity index is 1.24. The lowest BCUT2D eigenvalue weighted by molar-refractivity contribution is -0.00346. The molecule has 202 valence electrons. The first kappa shape index (κ1) is 26.9. The number of nitrogens with one attached hydrogen (secondary N) is 2. The van der Waals surface area contributed by atoms with E-state index in [0.29, 0.717) is 30.1 Å². The van der Waals surface area contributed by atoms with Crippen molar-refractivity contribution in [3.05, 3.63) is 24.0 Å². The quantitative estimate of drug-likeness (QED) is 0.482. The number of piperazine rings is 1. The average molecular weight is 508 g/mol. The van der Waals surface area contributed by atoms with Crippen LogP contribution >= 0.6 is 0 Å². The Hall–Kier alpha value is -2.14. The van der Waals surface area contributed by atoms with Gasteiger partial charge in [0.25, 0.3) is 0 Å². The largest absolute Gasteiger partial charge is 0.444 e. The highest BCUT2D eigenvalue weighted by Crippen LogP contribution is 2.29. The van der Waals surface area contributed by atoms with Gasteiger partial charge in [0, 0.05) is 45.8 Å². The van der Waals surface area contributed by atoms with Gasteiger partial charge < -0.3 is 30.1 Å². The molecular formula is C26H42FN5O4. The van der Waals surface area contributed by atoms with Crippen LogP contribution in [0, 0.1) is 11.7 Å². The molecule has 3 aliphatic heterocycles. The van der Waals surface area contributed by atoms with E-state index in [2.05, 4.69) is 20.4 Å². The van der Waals surface area contributed by atoms with E-state index in [1.165, 1.54) is 0 Å². The van der Waals surface area contributed by atoms with Crippen LogP contribution < -0.4 is 15.5 Å². The van der Waals surface area contributed by atoms with Crippen molar-refractivity contribution in [2.45, 2.75) is 70.6 Å². The number of amides is 1. The lowest BCUT2D eigenvalue weighted by Crippen LogP contribution is -2.53. The minimum absolute atomic E-state index is 0.222. The van der Waals surface area contributed by atoms with E-state index in [4.69, 9.17) is 4.74 Å². The smallest absolute Gasteiger partial charge is 0.410 e. The molecule has 3 fully saturated rings. The molecule has 0 spiro atoms. The number of aliphatic hydroxyl groups is 2. The Labute approximate surface area is 213 Å². The second kappa shape index (κ2) is 11.5. The predicted molar refractivity (Wildman–Crippen MR) is 137 cm³/mol. The molecule has 3 atom stereocenters. The molecule has 4 rings (SSSR count).